The van der Waals surface area contributed by atoms with Crippen LogP contribution < -0.4 is 5.73 Å². The zero-order valence-corrected chi connectivity index (χ0v) is 6.41. The van der Waals surface area contributed by atoms with Crippen LogP contribution in [0.15, 0.2) is 18.5 Å². The molecule has 0 fully saturated rings. The van der Waals surface area contributed by atoms with Crippen molar-refractivity contribution in [3.8, 4) is 12.3 Å². The number of nitrogens with zero attached hydrogens (tertiary/aromatic N) is 1. The molecule has 0 radical (unpaired) electrons. The normalized spacial score (nSPS) is 12.1. The lowest BCUT2D eigenvalue weighted by Gasteiger charge is -2.06. The average Bonchev–Trinajstić information content (AvgIpc) is 2.04. The maximum atomic E-state index is 5.67. The molecule has 0 amide bonds. The summed E-state index contributed by atoms with van der Waals surface area (Å²) in [4.78, 5) is 3.90. The molecule has 1 heterocycles. The van der Waals surface area contributed by atoms with Gasteiger partial charge in [-0.2, -0.15) is 0 Å². The van der Waals surface area contributed by atoms with Gasteiger partial charge >= 0.3 is 0 Å². The van der Waals surface area contributed by atoms with Crippen molar-refractivity contribution in [3.63, 3.8) is 0 Å². The van der Waals surface area contributed by atoms with Crippen LogP contribution in [-0.4, -0.2) is 4.98 Å². The van der Waals surface area contributed by atoms with E-state index in [0.29, 0.717) is 0 Å². The molecule has 0 aliphatic heterocycles. The molecule has 1 rings (SSSR count). The fourth-order valence-electron chi connectivity index (χ4n) is 0.923. The van der Waals surface area contributed by atoms with Gasteiger partial charge in [-0.25, -0.2) is 0 Å². The van der Waals surface area contributed by atoms with Crippen LogP contribution in [0.25, 0.3) is 0 Å². The minimum atomic E-state index is -0.0240. The molecule has 0 bridgehead atoms. The van der Waals surface area contributed by atoms with Crippen molar-refractivity contribution in [1.82, 2.24) is 4.98 Å². The summed E-state index contributed by atoms with van der Waals surface area (Å²) in [5, 5.41) is 0. The molecular weight excluding hydrogens is 136 g/mol. The molecule has 56 valence electrons. The summed E-state index contributed by atoms with van der Waals surface area (Å²) in [6.45, 7) is 1.90. The van der Waals surface area contributed by atoms with Gasteiger partial charge < -0.3 is 5.73 Å². The van der Waals surface area contributed by atoms with Crippen LogP contribution in [-0.2, 0) is 0 Å². The van der Waals surface area contributed by atoms with Crippen molar-refractivity contribution in [2.45, 2.75) is 13.0 Å². The molecule has 2 heteroatoms. The summed E-state index contributed by atoms with van der Waals surface area (Å²) >= 11 is 0. The van der Waals surface area contributed by atoms with Gasteiger partial charge in [-0.05, 0) is 18.6 Å². The summed E-state index contributed by atoms with van der Waals surface area (Å²) in [5.74, 6) is 2.53. The van der Waals surface area contributed by atoms with Gasteiger partial charge in [-0.3, -0.25) is 4.98 Å². The highest BCUT2D eigenvalue weighted by Gasteiger charge is 2.02. The molecule has 0 aliphatic carbocycles. The van der Waals surface area contributed by atoms with E-state index < -0.39 is 0 Å². The van der Waals surface area contributed by atoms with Crippen molar-refractivity contribution >= 4 is 0 Å². The zero-order chi connectivity index (χ0) is 8.27. The lowest BCUT2D eigenvalue weighted by Crippen LogP contribution is -2.07. The summed E-state index contributed by atoms with van der Waals surface area (Å²) in [7, 11) is 0. The SMILES string of the molecule is C#Cc1cnccc1C(C)N. The van der Waals surface area contributed by atoms with E-state index in [1.807, 2.05) is 13.0 Å². The van der Waals surface area contributed by atoms with Gasteiger partial charge in [0, 0.05) is 24.0 Å². The summed E-state index contributed by atoms with van der Waals surface area (Å²) in [6, 6.07) is 1.82. The number of pyridine rings is 1. The highest BCUT2D eigenvalue weighted by Crippen LogP contribution is 2.12. The minimum Gasteiger partial charge on any atom is -0.324 e. The second-order valence-corrected chi connectivity index (χ2v) is 2.40. The van der Waals surface area contributed by atoms with E-state index in [4.69, 9.17) is 12.2 Å². The first-order valence-electron chi connectivity index (χ1n) is 3.42. The Morgan fingerprint density at radius 3 is 2.91 bits per heavy atom. The molecule has 0 spiro atoms. The van der Waals surface area contributed by atoms with E-state index in [0.717, 1.165) is 11.1 Å². The van der Waals surface area contributed by atoms with Crippen LogP contribution in [0.4, 0.5) is 0 Å². The summed E-state index contributed by atoms with van der Waals surface area (Å²) < 4.78 is 0. The maximum absolute atomic E-state index is 5.67. The first kappa shape index (κ1) is 7.77. The molecule has 2 N–H and O–H groups in total. The van der Waals surface area contributed by atoms with E-state index in [1.165, 1.54) is 0 Å². The van der Waals surface area contributed by atoms with Gasteiger partial charge in [0.25, 0.3) is 0 Å². The lowest BCUT2D eigenvalue weighted by atomic mass is 10.1. The third kappa shape index (κ3) is 1.57. The van der Waals surface area contributed by atoms with Crippen molar-refractivity contribution in [1.29, 1.82) is 0 Å². The molecule has 1 aromatic rings. The van der Waals surface area contributed by atoms with E-state index >= 15 is 0 Å². The Kier molecular flexibility index (Phi) is 2.25. The molecule has 11 heavy (non-hydrogen) atoms. The third-order valence-electron chi connectivity index (χ3n) is 1.50. The van der Waals surface area contributed by atoms with Gasteiger partial charge in [-0.15, -0.1) is 6.42 Å². The molecular formula is C9H10N2. The number of terminal acetylenes is 1. The molecule has 1 atom stereocenters. The predicted octanol–water partition coefficient (Wildman–Crippen LogP) is 1.08. The van der Waals surface area contributed by atoms with Gasteiger partial charge in [0.2, 0.25) is 0 Å². The van der Waals surface area contributed by atoms with Crippen LogP contribution >= 0.6 is 0 Å². The Labute approximate surface area is 66.4 Å². The van der Waals surface area contributed by atoms with Gasteiger partial charge in [0.15, 0.2) is 0 Å². The topological polar surface area (TPSA) is 38.9 Å². The first-order chi connectivity index (χ1) is 5.25. The predicted molar refractivity (Wildman–Crippen MR) is 44.8 cm³/mol. The molecule has 1 unspecified atom stereocenters. The van der Waals surface area contributed by atoms with Crippen molar-refractivity contribution in [2.75, 3.05) is 0 Å². The molecule has 1 aromatic heterocycles. The van der Waals surface area contributed by atoms with Crippen molar-refractivity contribution < 1.29 is 0 Å². The van der Waals surface area contributed by atoms with Gasteiger partial charge in [0.1, 0.15) is 0 Å². The van der Waals surface area contributed by atoms with E-state index in [-0.39, 0.29) is 6.04 Å². The third-order valence-corrected chi connectivity index (χ3v) is 1.50. The highest BCUT2D eigenvalue weighted by molar-refractivity contribution is 5.38. The van der Waals surface area contributed by atoms with E-state index in [9.17, 15) is 0 Å². The lowest BCUT2D eigenvalue weighted by molar-refractivity contribution is 0.812. The number of hydrogen-bond donors (Lipinski definition) is 1. The van der Waals surface area contributed by atoms with Gasteiger partial charge in [0.05, 0.1) is 0 Å². The second-order valence-electron chi connectivity index (χ2n) is 2.40. The fraction of sp³-hybridized carbons (Fsp3) is 0.222. The Hall–Kier alpha value is -1.33. The monoisotopic (exact) mass is 146 g/mol. The number of nitrogens with two attached hydrogens (primary N) is 1. The number of aromatic nitrogens is 1. The van der Waals surface area contributed by atoms with Crippen molar-refractivity contribution in [3.05, 3.63) is 29.6 Å². The number of rotatable bonds is 1. The summed E-state index contributed by atoms with van der Waals surface area (Å²) in [5.41, 5.74) is 7.42. The molecule has 0 saturated heterocycles. The Morgan fingerprint density at radius 1 is 1.73 bits per heavy atom. The average molecular weight is 146 g/mol. The molecule has 0 aromatic carbocycles. The molecule has 0 aliphatic rings. The van der Waals surface area contributed by atoms with E-state index in [2.05, 4.69) is 10.9 Å². The van der Waals surface area contributed by atoms with Crippen LogP contribution in [0.2, 0.25) is 0 Å². The minimum absolute atomic E-state index is 0.0240. The second kappa shape index (κ2) is 3.18. The van der Waals surface area contributed by atoms with Crippen LogP contribution in [0, 0.1) is 12.3 Å². The zero-order valence-electron chi connectivity index (χ0n) is 6.41. The largest absolute Gasteiger partial charge is 0.324 e. The highest BCUT2D eigenvalue weighted by atomic mass is 14.6. The standard InChI is InChI=1S/C9H10N2/c1-3-8-6-11-5-4-9(8)7(2)10/h1,4-7H,10H2,2H3. The summed E-state index contributed by atoms with van der Waals surface area (Å²) in [6.07, 6.45) is 8.59. The maximum Gasteiger partial charge on any atom is 0.0473 e. The smallest absolute Gasteiger partial charge is 0.0473 e. The Morgan fingerprint density at radius 2 is 2.45 bits per heavy atom. The fourth-order valence-corrected chi connectivity index (χ4v) is 0.923. The van der Waals surface area contributed by atoms with Crippen LogP contribution in [0.3, 0.4) is 0 Å². The van der Waals surface area contributed by atoms with Gasteiger partial charge in [-0.1, -0.05) is 5.92 Å². The Bertz CT molecular complexity index is 284. The molecule has 0 saturated carbocycles. The quantitative estimate of drug-likeness (QED) is 0.602. The first-order valence-corrected chi connectivity index (χ1v) is 3.42. The number of hydrogen-bond acceptors (Lipinski definition) is 2. The Balaban J connectivity index is 3.15. The van der Waals surface area contributed by atoms with Crippen LogP contribution in [0.1, 0.15) is 24.1 Å². The van der Waals surface area contributed by atoms with Crippen molar-refractivity contribution in [2.24, 2.45) is 5.73 Å². The van der Waals surface area contributed by atoms with E-state index in [1.54, 1.807) is 12.4 Å². The molecule has 2 nitrogen and oxygen atoms in total. The van der Waals surface area contributed by atoms with Crippen LogP contribution in [0.5, 0.6) is 0 Å².